The lowest BCUT2D eigenvalue weighted by Gasteiger charge is -2.27. The number of carbonyl (C=O) groups is 2. The number of para-hydroxylation sites is 1. The fraction of sp³-hybridized carbons (Fsp3) is 0.333. The first kappa shape index (κ1) is 21.5. The van der Waals surface area contributed by atoms with Gasteiger partial charge in [-0.2, -0.15) is 0 Å². The Labute approximate surface area is 186 Å². The Bertz CT molecular complexity index is 1100. The first-order chi connectivity index (χ1) is 15.0. The van der Waals surface area contributed by atoms with E-state index in [1.54, 1.807) is 0 Å². The number of aromatic nitrogens is 1. The van der Waals surface area contributed by atoms with Crippen LogP contribution in [0.25, 0.3) is 10.9 Å². The molecule has 1 fully saturated rings. The first-order valence-electron chi connectivity index (χ1n) is 10.4. The minimum atomic E-state index is -0.0434. The van der Waals surface area contributed by atoms with Gasteiger partial charge in [-0.25, -0.2) is 0 Å². The van der Waals surface area contributed by atoms with Crippen LogP contribution in [0.1, 0.15) is 11.1 Å². The number of nitrogens with zero attached hydrogens (tertiary/aromatic N) is 2. The van der Waals surface area contributed by atoms with Gasteiger partial charge in [0.1, 0.15) is 6.54 Å². The number of ether oxygens (including phenoxy) is 1. The third-order valence-electron chi connectivity index (χ3n) is 5.44. The Morgan fingerprint density at radius 1 is 1.10 bits per heavy atom. The standard InChI is InChI=1S/C24H27N3O3S/c1-17-7-8-20(18(2)13-17)25-23(28)16-31-22-14-27(21-6-4-3-5-19(21)22)15-24(29)26-9-11-30-12-10-26/h3-8,13-14H,9-12,15-16H2,1-2H3,(H,25,28). The Balaban J connectivity index is 1.45. The van der Waals surface area contributed by atoms with E-state index in [-0.39, 0.29) is 18.4 Å². The van der Waals surface area contributed by atoms with Crippen molar-refractivity contribution in [2.24, 2.45) is 0 Å². The van der Waals surface area contributed by atoms with Gasteiger partial charge in [0.2, 0.25) is 11.8 Å². The molecule has 1 aromatic heterocycles. The van der Waals surface area contributed by atoms with E-state index < -0.39 is 0 Å². The van der Waals surface area contributed by atoms with E-state index in [0.717, 1.165) is 27.0 Å². The van der Waals surface area contributed by atoms with Crippen molar-refractivity contribution in [3.05, 3.63) is 59.8 Å². The second-order valence-electron chi connectivity index (χ2n) is 7.79. The molecule has 31 heavy (non-hydrogen) atoms. The van der Waals surface area contributed by atoms with E-state index in [4.69, 9.17) is 4.74 Å². The number of aryl methyl sites for hydroxylation is 2. The van der Waals surface area contributed by atoms with Crippen molar-refractivity contribution in [2.45, 2.75) is 25.3 Å². The number of hydrogen-bond acceptors (Lipinski definition) is 4. The zero-order valence-corrected chi connectivity index (χ0v) is 18.7. The van der Waals surface area contributed by atoms with Gasteiger partial charge in [-0.1, -0.05) is 35.9 Å². The van der Waals surface area contributed by atoms with E-state index in [1.807, 2.05) is 65.9 Å². The van der Waals surface area contributed by atoms with Gasteiger partial charge in [0.25, 0.3) is 0 Å². The van der Waals surface area contributed by atoms with E-state index in [1.165, 1.54) is 17.3 Å². The zero-order chi connectivity index (χ0) is 21.8. The highest BCUT2D eigenvalue weighted by atomic mass is 32.2. The Hall–Kier alpha value is -2.77. The van der Waals surface area contributed by atoms with Crippen LogP contribution in [0.3, 0.4) is 0 Å². The lowest BCUT2D eigenvalue weighted by atomic mass is 10.1. The number of hydrogen-bond donors (Lipinski definition) is 1. The fourth-order valence-corrected chi connectivity index (χ4v) is 4.69. The van der Waals surface area contributed by atoms with Crippen molar-refractivity contribution in [1.82, 2.24) is 9.47 Å². The van der Waals surface area contributed by atoms with Gasteiger partial charge in [-0.05, 0) is 31.5 Å². The average Bonchev–Trinajstić information content (AvgIpc) is 3.12. The van der Waals surface area contributed by atoms with Crippen LogP contribution in [0.5, 0.6) is 0 Å². The first-order valence-corrected chi connectivity index (χ1v) is 11.4. The quantitative estimate of drug-likeness (QED) is 0.595. The molecule has 1 saturated heterocycles. The number of morpholine rings is 1. The number of amides is 2. The highest BCUT2D eigenvalue weighted by molar-refractivity contribution is 8.00. The summed E-state index contributed by atoms with van der Waals surface area (Å²) in [5.41, 5.74) is 4.07. The Morgan fingerprint density at radius 3 is 2.65 bits per heavy atom. The van der Waals surface area contributed by atoms with Crippen molar-refractivity contribution in [1.29, 1.82) is 0 Å². The van der Waals surface area contributed by atoms with Gasteiger partial charge in [-0.15, -0.1) is 11.8 Å². The predicted octanol–water partition coefficient (Wildman–Crippen LogP) is 3.85. The molecule has 7 heteroatoms. The maximum Gasteiger partial charge on any atom is 0.242 e. The van der Waals surface area contributed by atoms with Crippen molar-refractivity contribution in [2.75, 3.05) is 37.4 Å². The molecule has 3 aromatic rings. The van der Waals surface area contributed by atoms with Gasteiger partial charge in [0.15, 0.2) is 0 Å². The summed E-state index contributed by atoms with van der Waals surface area (Å²) in [5.74, 6) is 0.352. The van der Waals surface area contributed by atoms with Gasteiger partial charge >= 0.3 is 0 Å². The van der Waals surface area contributed by atoms with Crippen molar-refractivity contribution in [3.63, 3.8) is 0 Å². The van der Waals surface area contributed by atoms with Crippen LogP contribution in [0, 0.1) is 13.8 Å². The Morgan fingerprint density at radius 2 is 1.87 bits per heavy atom. The van der Waals surface area contributed by atoms with Crippen molar-refractivity contribution >= 4 is 40.2 Å². The number of anilines is 1. The van der Waals surface area contributed by atoms with E-state index >= 15 is 0 Å². The predicted molar refractivity (Wildman–Crippen MR) is 125 cm³/mol. The van der Waals surface area contributed by atoms with E-state index in [9.17, 15) is 9.59 Å². The molecule has 0 spiro atoms. The van der Waals surface area contributed by atoms with Crippen LogP contribution in [-0.2, 0) is 20.9 Å². The van der Waals surface area contributed by atoms with Gasteiger partial charge in [0, 0.05) is 40.8 Å². The normalized spacial score (nSPS) is 14.1. The maximum atomic E-state index is 12.7. The molecule has 4 rings (SSSR count). The van der Waals surface area contributed by atoms with Gasteiger partial charge in [0.05, 0.1) is 19.0 Å². The molecule has 2 aromatic carbocycles. The summed E-state index contributed by atoms with van der Waals surface area (Å²) in [7, 11) is 0. The number of fused-ring (bicyclic) bond motifs is 1. The summed E-state index contributed by atoms with van der Waals surface area (Å²) in [4.78, 5) is 28.1. The second-order valence-corrected chi connectivity index (χ2v) is 8.80. The summed E-state index contributed by atoms with van der Waals surface area (Å²) in [5, 5.41) is 4.06. The summed E-state index contributed by atoms with van der Waals surface area (Å²) in [6.45, 7) is 6.78. The molecule has 0 saturated carbocycles. The molecule has 0 aliphatic carbocycles. The van der Waals surface area contributed by atoms with Gasteiger partial charge < -0.3 is 19.5 Å². The lowest BCUT2D eigenvalue weighted by molar-refractivity contribution is -0.135. The summed E-state index contributed by atoms with van der Waals surface area (Å²) in [6, 6.07) is 14.0. The van der Waals surface area contributed by atoms with Crippen molar-refractivity contribution in [3.8, 4) is 0 Å². The lowest BCUT2D eigenvalue weighted by Crippen LogP contribution is -2.42. The molecule has 2 amide bonds. The number of carbonyl (C=O) groups excluding carboxylic acids is 2. The number of rotatable bonds is 6. The largest absolute Gasteiger partial charge is 0.378 e. The van der Waals surface area contributed by atoms with E-state index in [2.05, 4.69) is 11.4 Å². The van der Waals surface area contributed by atoms with Crippen LogP contribution in [0.4, 0.5) is 5.69 Å². The van der Waals surface area contributed by atoms with Gasteiger partial charge in [-0.3, -0.25) is 9.59 Å². The summed E-state index contributed by atoms with van der Waals surface area (Å²) >= 11 is 1.49. The van der Waals surface area contributed by atoms with E-state index in [0.29, 0.717) is 32.1 Å². The van der Waals surface area contributed by atoms with Crippen molar-refractivity contribution < 1.29 is 14.3 Å². The fourth-order valence-electron chi connectivity index (χ4n) is 3.80. The Kier molecular flexibility index (Phi) is 6.63. The molecule has 2 heterocycles. The summed E-state index contributed by atoms with van der Waals surface area (Å²) < 4.78 is 7.33. The molecule has 1 N–H and O–H groups in total. The molecular weight excluding hydrogens is 410 g/mol. The highest BCUT2D eigenvalue weighted by Gasteiger charge is 2.19. The van der Waals surface area contributed by atoms with Crippen LogP contribution in [0.15, 0.2) is 53.6 Å². The molecule has 1 aliphatic rings. The maximum absolute atomic E-state index is 12.7. The SMILES string of the molecule is Cc1ccc(NC(=O)CSc2cn(CC(=O)N3CCOCC3)c3ccccc23)c(C)c1. The minimum Gasteiger partial charge on any atom is -0.378 e. The minimum absolute atomic E-state index is 0.0434. The molecular formula is C24H27N3O3S. The van der Waals surface area contributed by atoms with Crippen LogP contribution < -0.4 is 5.32 Å². The molecule has 162 valence electrons. The molecule has 0 bridgehead atoms. The van der Waals surface area contributed by atoms with Crippen LogP contribution in [-0.4, -0.2) is 53.3 Å². The zero-order valence-electron chi connectivity index (χ0n) is 17.9. The second kappa shape index (κ2) is 9.58. The topological polar surface area (TPSA) is 63.6 Å². The molecule has 0 radical (unpaired) electrons. The number of thioether (sulfide) groups is 1. The smallest absolute Gasteiger partial charge is 0.242 e. The number of benzene rings is 2. The third-order valence-corrected chi connectivity index (χ3v) is 6.48. The molecule has 0 unspecified atom stereocenters. The van der Waals surface area contributed by atoms with Crippen LogP contribution in [0.2, 0.25) is 0 Å². The summed E-state index contributed by atoms with van der Waals surface area (Å²) in [6.07, 6.45) is 1.98. The third kappa shape index (κ3) is 5.11. The average molecular weight is 438 g/mol. The molecule has 1 aliphatic heterocycles. The number of nitrogens with one attached hydrogen (secondary N) is 1. The monoisotopic (exact) mass is 437 g/mol. The highest BCUT2D eigenvalue weighted by Crippen LogP contribution is 2.30. The molecule has 0 atom stereocenters. The van der Waals surface area contributed by atoms with Crippen LogP contribution >= 0.6 is 11.8 Å². The molecule has 6 nitrogen and oxygen atoms in total.